The van der Waals surface area contributed by atoms with Crippen molar-refractivity contribution >= 4 is 11.6 Å². The van der Waals surface area contributed by atoms with E-state index in [1.165, 1.54) is 31.4 Å². The van der Waals surface area contributed by atoms with Gasteiger partial charge in [-0.1, -0.05) is 49.6 Å². The Hall–Kier alpha value is -2.20. The summed E-state index contributed by atoms with van der Waals surface area (Å²) in [5.41, 5.74) is 4.10. The van der Waals surface area contributed by atoms with Gasteiger partial charge in [-0.05, 0) is 55.5 Å². The molecule has 2 aromatic carbocycles. The standard InChI is InChI=1S/C23H29FN2O/c1-17-7-6-8-18(2)23(17)25-22(27)16-26(21-9-4-3-5-10-21)15-19-11-13-20(24)14-12-19/h6-8,11-14,21H,3-5,9-10,15-16H2,1-2H3,(H,25,27). The number of nitrogens with zero attached hydrogens (tertiary/aromatic N) is 1. The number of hydrogen-bond donors (Lipinski definition) is 1. The minimum atomic E-state index is -0.226. The van der Waals surface area contributed by atoms with E-state index in [4.69, 9.17) is 0 Å². The second-order valence-electron chi connectivity index (χ2n) is 7.64. The first-order chi connectivity index (χ1) is 13.0. The van der Waals surface area contributed by atoms with Gasteiger partial charge >= 0.3 is 0 Å². The molecule has 0 radical (unpaired) electrons. The third-order valence-corrected chi connectivity index (χ3v) is 5.48. The van der Waals surface area contributed by atoms with Gasteiger partial charge in [-0.2, -0.15) is 0 Å². The maximum Gasteiger partial charge on any atom is 0.238 e. The van der Waals surface area contributed by atoms with E-state index in [-0.39, 0.29) is 11.7 Å². The van der Waals surface area contributed by atoms with Crippen molar-refractivity contribution in [3.05, 3.63) is 65.0 Å². The molecule has 1 amide bonds. The fourth-order valence-corrected chi connectivity index (χ4v) is 3.96. The van der Waals surface area contributed by atoms with Crippen LogP contribution in [0.3, 0.4) is 0 Å². The summed E-state index contributed by atoms with van der Waals surface area (Å²) in [6.07, 6.45) is 5.94. The Morgan fingerprint density at radius 3 is 2.30 bits per heavy atom. The molecule has 0 spiro atoms. The SMILES string of the molecule is Cc1cccc(C)c1NC(=O)CN(Cc1ccc(F)cc1)C1CCCCC1. The highest BCUT2D eigenvalue weighted by molar-refractivity contribution is 5.93. The van der Waals surface area contributed by atoms with Gasteiger partial charge in [0, 0.05) is 18.3 Å². The van der Waals surface area contributed by atoms with Crippen molar-refractivity contribution in [1.29, 1.82) is 0 Å². The smallest absolute Gasteiger partial charge is 0.238 e. The molecule has 1 saturated carbocycles. The monoisotopic (exact) mass is 368 g/mol. The number of anilines is 1. The van der Waals surface area contributed by atoms with E-state index in [0.29, 0.717) is 19.1 Å². The van der Waals surface area contributed by atoms with Crippen LogP contribution in [0.1, 0.15) is 48.8 Å². The molecule has 0 saturated heterocycles. The average Bonchev–Trinajstić information content (AvgIpc) is 2.67. The van der Waals surface area contributed by atoms with Crippen LogP contribution in [0.15, 0.2) is 42.5 Å². The number of aryl methyl sites for hydroxylation is 2. The van der Waals surface area contributed by atoms with Crippen LogP contribution in [-0.2, 0) is 11.3 Å². The predicted molar refractivity (Wildman–Crippen MR) is 108 cm³/mol. The van der Waals surface area contributed by atoms with Crippen molar-refractivity contribution in [2.24, 2.45) is 0 Å². The molecule has 0 bridgehead atoms. The summed E-state index contributed by atoms with van der Waals surface area (Å²) in [5.74, 6) is -0.212. The van der Waals surface area contributed by atoms with Crippen LogP contribution >= 0.6 is 0 Å². The summed E-state index contributed by atoms with van der Waals surface area (Å²) in [4.78, 5) is 15.1. The minimum absolute atomic E-state index is 0.0140. The van der Waals surface area contributed by atoms with Gasteiger partial charge in [-0.15, -0.1) is 0 Å². The number of halogens is 1. The van der Waals surface area contributed by atoms with Crippen LogP contribution in [0, 0.1) is 19.7 Å². The molecule has 3 nitrogen and oxygen atoms in total. The third kappa shape index (κ3) is 5.39. The molecule has 0 atom stereocenters. The zero-order valence-electron chi connectivity index (χ0n) is 16.3. The predicted octanol–water partition coefficient (Wildman–Crippen LogP) is 5.22. The molecule has 1 fully saturated rings. The summed E-state index contributed by atoms with van der Waals surface area (Å²) in [5, 5.41) is 3.10. The number of hydrogen-bond acceptors (Lipinski definition) is 2. The van der Waals surface area contributed by atoms with Gasteiger partial charge in [0.05, 0.1) is 6.54 Å². The lowest BCUT2D eigenvalue weighted by atomic mass is 9.93. The van der Waals surface area contributed by atoms with Gasteiger partial charge in [-0.25, -0.2) is 4.39 Å². The highest BCUT2D eigenvalue weighted by Crippen LogP contribution is 2.25. The van der Waals surface area contributed by atoms with E-state index < -0.39 is 0 Å². The van der Waals surface area contributed by atoms with E-state index >= 15 is 0 Å². The van der Waals surface area contributed by atoms with Crippen LogP contribution in [0.2, 0.25) is 0 Å². The number of carbonyl (C=O) groups is 1. The highest BCUT2D eigenvalue weighted by atomic mass is 19.1. The summed E-state index contributed by atoms with van der Waals surface area (Å²) in [7, 11) is 0. The maximum absolute atomic E-state index is 13.2. The first-order valence-electron chi connectivity index (χ1n) is 9.87. The maximum atomic E-state index is 13.2. The van der Waals surface area contributed by atoms with E-state index in [1.54, 1.807) is 0 Å². The van der Waals surface area contributed by atoms with Gasteiger partial charge in [0.15, 0.2) is 0 Å². The highest BCUT2D eigenvalue weighted by Gasteiger charge is 2.23. The summed E-state index contributed by atoms with van der Waals surface area (Å²) in [6, 6.07) is 13.1. The number of amides is 1. The number of benzene rings is 2. The fraction of sp³-hybridized carbons (Fsp3) is 0.435. The van der Waals surface area contributed by atoms with Crippen LogP contribution in [-0.4, -0.2) is 23.4 Å². The molecule has 0 heterocycles. The summed E-state index contributed by atoms with van der Waals surface area (Å²) < 4.78 is 13.2. The zero-order valence-corrected chi connectivity index (χ0v) is 16.3. The molecule has 1 aliphatic rings. The number of nitrogens with one attached hydrogen (secondary N) is 1. The molecular weight excluding hydrogens is 339 g/mol. The fourth-order valence-electron chi connectivity index (χ4n) is 3.96. The molecule has 144 valence electrons. The lowest BCUT2D eigenvalue weighted by Gasteiger charge is -2.34. The topological polar surface area (TPSA) is 32.3 Å². The summed E-state index contributed by atoms with van der Waals surface area (Å²) in [6.45, 7) is 5.06. The van der Waals surface area contributed by atoms with Crippen LogP contribution in [0.25, 0.3) is 0 Å². The lowest BCUT2D eigenvalue weighted by molar-refractivity contribution is -0.118. The molecule has 4 heteroatoms. The van der Waals surface area contributed by atoms with E-state index in [1.807, 2.05) is 44.2 Å². The molecule has 0 unspecified atom stereocenters. The second kappa shape index (κ2) is 9.14. The van der Waals surface area contributed by atoms with Gasteiger partial charge in [0.25, 0.3) is 0 Å². The number of rotatable bonds is 6. The molecule has 27 heavy (non-hydrogen) atoms. The third-order valence-electron chi connectivity index (χ3n) is 5.48. The van der Waals surface area contributed by atoms with Crippen molar-refractivity contribution in [2.75, 3.05) is 11.9 Å². The zero-order chi connectivity index (χ0) is 19.2. The van der Waals surface area contributed by atoms with Crippen molar-refractivity contribution in [2.45, 2.75) is 58.5 Å². The molecule has 1 aliphatic carbocycles. The van der Waals surface area contributed by atoms with Crippen LogP contribution < -0.4 is 5.32 Å². The molecule has 0 aliphatic heterocycles. The van der Waals surface area contributed by atoms with Gasteiger partial charge < -0.3 is 5.32 Å². The summed E-state index contributed by atoms with van der Waals surface area (Å²) >= 11 is 0. The Labute approximate surface area is 161 Å². The molecule has 3 rings (SSSR count). The second-order valence-corrected chi connectivity index (χ2v) is 7.64. The van der Waals surface area contributed by atoms with Gasteiger partial charge in [0.2, 0.25) is 5.91 Å². The van der Waals surface area contributed by atoms with E-state index in [0.717, 1.165) is 35.2 Å². The van der Waals surface area contributed by atoms with Crippen molar-refractivity contribution in [3.63, 3.8) is 0 Å². The Morgan fingerprint density at radius 1 is 1.04 bits per heavy atom. The molecule has 2 aromatic rings. The molecule has 1 N–H and O–H groups in total. The normalized spacial score (nSPS) is 15.1. The van der Waals surface area contributed by atoms with E-state index in [2.05, 4.69) is 10.2 Å². The quantitative estimate of drug-likeness (QED) is 0.758. The Balaban J connectivity index is 1.71. The first kappa shape index (κ1) is 19.6. The van der Waals surface area contributed by atoms with Crippen molar-refractivity contribution < 1.29 is 9.18 Å². The molecular formula is C23H29FN2O. The Morgan fingerprint density at radius 2 is 1.67 bits per heavy atom. The number of para-hydroxylation sites is 1. The van der Waals surface area contributed by atoms with E-state index in [9.17, 15) is 9.18 Å². The minimum Gasteiger partial charge on any atom is -0.324 e. The van der Waals surface area contributed by atoms with Gasteiger partial charge in [0.1, 0.15) is 5.82 Å². The van der Waals surface area contributed by atoms with Gasteiger partial charge in [-0.3, -0.25) is 9.69 Å². The largest absolute Gasteiger partial charge is 0.324 e. The van der Waals surface area contributed by atoms with Crippen molar-refractivity contribution in [1.82, 2.24) is 4.90 Å². The Kier molecular flexibility index (Phi) is 6.62. The van der Waals surface area contributed by atoms with Crippen molar-refractivity contribution in [3.8, 4) is 0 Å². The van der Waals surface area contributed by atoms with Crippen LogP contribution in [0.4, 0.5) is 10.1 Å². The molecule has 0 aromatic heterocycles. The first-order valence-corrected chi connectivity index (χ1v) is 9.87. The lowest BCUT2D eigenvalue weighted by Crippen LogP contribution is -2.41. The number of carbonyl (C=O) groups excluding carboxylic acids is 1. The average molecular weight is 368 g/mol. The Bertz CT molecular complexity index is 746. The van der Waals surface area contributed by atoms with Crippen LogP contribution in [0.5, 0.6) is 0 Å².